The summed E-state index contributed by atoms with van der Waals surface area (Å²) in [5, 5.41) is 10.5. The van der Waals surface area contributed by atoms with Crippen LogP contribution in [0.5, 0.6) is 0 Å². The molecule has 1 aliphatic rings. The van der Waals surface area contributed by atoms with Gasteiger partial charge in [-0.1, -0.05) is 32.1 Å². The average molecular weight is 240 g/mol. The Balaban J connectivity index is 2.31. The lowest BCUT2D eigenvalue weighted by atomic mass is 9.91. The van der Waals surface area contributed by atoms with Crippen LogP contribution in [0.2, 0.25) is 0 Å². The van der Waals surface area contributed by atoms with E-state index >= 15 is 0 Å². The molecule has 0 bridgehead atoms. The first kappa shape index (κ1) is 11.9. The minimum atomic E-state index is 0.0204. The van der Waals surface area contributed by atoms with Crippen molar-refractivity contribution in [1.29, 1.82) is 0 Å². The molecular weight excluding hydrogens is 220 g/mol. The zero-order valence-corrected chi connectivity index (χ0v) is 11.1. The van der Waals surface area contributed by atoms with E-state index in [-0.39, 0.29) is 12.0 Å². The molecule has 0 aromatic carbocycles. The van der Waals surface area contributed by atoms with Gasteiger partial charge in [0.2, 0.25) is 0 Å². The van der Waals surface area contributed by atoms with E-state index in [1.807, 2.05) is 0 Å². The van der Waals surface area contributed by atoms with Gasteiger partial charge in [-0.2, -0.15) is 0 Å². The van der Waals surface area contributed by atoms with Crippen LogP contribution in [0, 0.1) is 0 Å². The molecule has 0 saturated carbocycles. The summed E-state index contributed by atoms with van der Waals surface area (Å²) in [6.45, 7) is 8.78. The molecule has 3 nitrogen and oxygen atoms in total. The normalized spacial score (nSPS) is 17.1. The molecule has 0 spiro atoms. The largest absolute Gasteiger partial charge is 0.391 e. The first-order chi connectivity index (χ1) is 7.52. The van der Waals surface area contributed by atoms with E-state index in [9.17, 15) is 5.11 Å². The minimum absolute atomic E-state index is 0.0204. The molecule has 1 aromatic heterocycles. The third-order valence-corrected chi connectivity index (χ3v) is 4.02. The van der Waals surface area contributed by atoms with E-state index < -0.39 is 0 Å². The molecule has 0 atom stereocenters. The molecule has 90 valence electrons. The fourth-order valence-corrected chi connectivity index (χ4v) is 3.26. The van der Waals surface area contributed by atoms with Gasteiger partial charge in [-0.05, 0) is 12.8 Å². The predicted octanol–water partition coefficient (Wildman–Crippen LogP) is 2.53. The van der Waals surface area contributed by atoms with Crippen molar-refractivity contribution in [2.24, 2.45) is 0 Å². The number of nitrogens with zero attached hydrogens (tertiary/aromatic N) is 2. The predicted molar refractivity (Wildman–Crippen MR) is 68.2 cm³/mol. The highest BCUT2D eigenvalue weighted by Crippen LogP contribution is 2.34. The fraction of sp³-hybridized carbons (Fsp3) is 0.750. The van der Waals surface area contributed by atoms with Gasteiger partial charge in [0.05, 0.1) is 17.2 Å². The van der Waals surface area contributed by atoms with E-state index in [0.29, 0.717) is 0 Å². The van der Waals surface area contributed by atoms with Crippen LogP contribution >= 0.6 is 11.3 Å². The molecule has 1 aromatic rings. The van der Waals surface area contributed by atoms with Gasteiger partial charge in [-0.15, -0.1) is 0 Å². The second-order valence-corrected chi connectivity index (χ2v) is 6.43. The zero-order chi connectivity index (χ0) is 11.8. The summed E-state index contributed by atoms with van der Waals surface area (Å²) in [6, 6.07) is 0. The second kappa shape index (κ2) is 4.34. The Bertz CT molecular complexity index is 362. The Morgan fingerprint density at radius 2 is 1.94 bits per heavy atom. The van der Waals surface area contributed by atoms with Crippen molar-refractivity contribution >= 4 is 16.5 Å². The highest BCUT2D eigenvalue weighted by molar-refractivity contribution is 7.15. The average Bonchev–Trinajstić information content (AvgIpc) is 2.85. The molecule has 1 N–H and O–H groups in total. The smallest absolute Gasteiger partial charge is 0.185 e. The van der Waals surface area contributed by atoms with Crippen LogP contribution in [0.1, 0.15) is 44.2 Å². The van der Waals surface area contributed by atoms with Gasteiger partial charge in [-0.3, -0.25) is 0 Å². The monoisotopic (exact) mass is 240 g/mol. The lowest BCUT2D eigenvalue weighted by Gasteiger charge is -2.17. The molecule has 0 amide bonds. The first-order valence-electron chi connectivity index (χ1n) is 5.88. The summed E-state index contributed by atoms with van der Waals surface area (Å²) < 4.78 is 0. The Morgan fingerprint density at radius 1 is 1.31 bits per heavy atom. The molecule has 2 heterocycles. The summed E-state index contributed by atoms with van der Waals surface area (Å²) in [7, 11) is 0. The highest BCUT2D eigenvalue weighted by atomic mass is 32.1. The van der Waals surface area contributed by atoms with Crippen molar-refractivity contribution in [1.82, 2.24) is 4.98 Å². The van der Waals surface area contributed by atoms with Crippen LogP contribution in [-0.2, 0) is 12.0 Å². The van der Waals surface area contributed by atoms with Gasteiger partial charge < -0.3 is 10.0 Å². The lowest BCUT2D eigenvalue weighted by molar-refractivity contribution is 0.282. The summed E-state index contributed by atoms with van der Waals surface area (Å²) in [5.41, 5.74) is 1.08. The van der Waals surface area contributed by atoms with Gasteiger partial charge in [0.1, 0.15) is 0 Å². The fourth-order valence-electron chi connectivity index (χ4n) is 2.08. The Morgan fingerprint density at radius 3 is 2.38 bits per heavy atom. The number of hydrogen-bond donors (Lipinski definition) is 1. The number of aliphatic hydroxyl groups excluding tert-OH is 1. The van der Waals surface area contributed by atoms with E-state index in [1.165, 1.54) is 12.8 Å². The number of rotatable bonds is 2. The van der Waals surface area contributed by atoms with Crippen LogP contribution in [0.3, 0.4) is 0 Å². The maximum atomic E-state index is 9.39. The molecule has 16 heavy (non-hydrogen) atoms. The van der Waals surface area contributed by atoms with Crippen LogP contribution in [0.15, 0.2) is 0 Å². The van der Waals surface area contributed by atoms with Crippen LogP contribution in [0.4, 0.5) is 5.13 Å². The van der Waals surface area contributed by atoms with Crippen molar-refractivity contribution in [3.05, 3.63) is 10.6 Å². The number of aromatic nitrogens is 1. The third kappa shape index (κ3) is 2.23. The van der Waals surface area contributed by atoms with Gasteiger partial charge >= 0.3 is 0 Å². The van der Waals surface area contributed by atoms with Crippen molar-refractivity contribution in [3.8, 4) is 0 Å². The highest BCUT2D eigenvalue weighted by Gasteiger charge is 2.25. The summed E-state index contributed by atoms with van der Waals surface area (Å²) in [6.07, 6.45) is 2.53. The minimum Gasteiger partial charge on any atom is -0.391 e. The molecule has 0 aliphatic carbocycles. The van der Waals surface area contributed by atoms with Gasteiger partial charge in [0.15, 0.2) is 5.13 Å². The van der Waals surface area contributed by atoms with Gasteiger partial charge in [0, 0.05) is 18.5 Å². The maximum Gasteiger partial charge on any atom is 0.185 e. The molecule has 2 rings (SSSR count). The Kier molecular flexibility index (Phi) is 3.22. The van der Waals surface area contributed by atoms with Crippen LogP contribution in [0.25, 0.3) is 0 Å². The number of thiazole rings is 1. The summed E-state index contributed by atoms with van der Waals surface area (Å²) in [5.74, 6) is 0. The molecule has 1 fully saturated rings. The topological polar surface area (TPSA) is 36.4 Å². The van der Waals surface area contributed by atoms with Crippen molar-refractivity contribution in [3.63, 3.8) is 0 Å². The Labute approximate surface area is 101 Å². The van der Waals surface area contributed by atoms with E-state index in [1.54, 1.807) is 11.3 Å². The summed E-state index contributed by atoms with van der Waals surface area (Å²) in [4.78, 5) is 8.07. The number of aliphatic hydroxyl groups is 1. The molecule has 1 aliphatic heterocycles. The van der Waals surface area contributed by atoms with Gasteiger partial charge in [0.25, 0.3) is 0 Å². The van der Waals surface area contributed by atoms with Crippen LogP contribution in [-0.4, -0.2) is 23.2 Å². The lowest BCUT2D eigenvalue weighted by Crippen LogP contribution is -2.18. The molecule has 4 heteroatoms. The van der Waals surface area contributed by atoms with E-state index in [4.69, 9.17) is 4.98 Å². The van der Waals surface area contributed by atoms with E-state index in [2.05, 4.69) is 25.7 Å². The summed E-state index contributed by atoms with van der Waals surface area (Å²) >= 11 is 1.65. The quantitative estimate of drug-likeness (QED) is 0.863. The number of anilines is 1. The van der Waals surface area contributed by atoms with Gasteiger partial charge in [-0.25, -0.2) is 4.98 Å². The number of hydrogen-bond acceptors (Lipinski definition) is 4. The van der Waals surface area contributed by atoms with Crippen molar-refractivity contribution in [2.45, 2.75) is 45.6 Å². The third-order valence-electron chi connectivity index (χ3n) is 2.92. The zero-order valence-electron chi connectivity index (χ0n) is 10.3. The molecule has 0 radical (unpaired) electrons. The second-order valence-electron chi connectivity index (χ2n) is 5.37. The maximum absolute atomic E-state index is 9.39. The standard InChI is InChI=1S/C12H20N2OS/c1-12(2,3)10-9(8-15)16-11(13-10)14-6-4-5-7-14/h15H,4-8H2,1-3H3. The van der Waals surface area contributed by atoms with Crippen molar-refractivity contribution in [2.75, 3.05) is 18.0 Å². The van der Waals surface area contributed by atoms with Crippen molar-refractivity contribution < 1.29 is 5.11 Å². The molecule has 1 saturated heterocycles. The molecule has 0 unspecified atom stereocenters. The van der Waals surface area contributed by atoms with Crippen LogP contribution < -0.4 is 4.90 Å². The SMILES string of the molecule is CC(C)(C)c1nc(N2CCCC2)sc1CO. The Hall–Kier alpha value is -0.610. The van der Waals surface area contributed by atoms with E-state index in [0.717, 1.165) is 28.8 Å². The first-order valence-corrected chi connectivity index (χ1v) is 6.70. The molecular formula is C12H20N2OS.